The van der Waals surface area contributed by atoms with Gasteiger partial charge in [0.25, 0.3) is 23.6 Å². The van der Waals surface area contributed by atoms with Crippen molar-refractivity contribution in [2.24, 2.45) is 0 Å². The topological polar surface area (TPSA) is 299 Å². The molecule has 2 aliphatic rings. The van der Waals surface area contributed by atoms with Crippen molar-refractivity contribution in [2.75, 3.05) is 5.33 Å². The number of thiophene rings is 6. The van der Waals surface area contributed by atoms with Crippen LogP contribution in [0.25, 0.3) is 216 Å². The van der Waals surface area contributed by atoms with Crippen LogP contribution in [0.1, 0.15) is 70.6 Å². The monoisotopic (exact) mass is 2330 g/mol. The van der Waals surface area contributed by atoms with Gasteiger partial charge in [0.05, 0.1) is 47.2 Å². The van der Waals surface area contributed by atoms with Crippen LogP contribution in [0.15, 0.2) is 332 Å². The van der Waals surface area contributed by atoms with E-state index in [1.54, 1.807) is 80.4 Å². The van der Waals surface area contributed by atoms with Crippen LogP contribution >= 0.6 is 128 Å². The van der Waals surface area contributed by atoms with Crippen LogP contribution < -0.4 is 21.5 Å². The van der Waals surface area contributed by atoms with Crippen molar-refractivity contribution in [1.29, 1.82) is 0 Å². The summed E-state index contributed by atoms with van der Waals surface area (Å²) in [4.78, 5) is 111. The lowest BCUT2D eigenvalue weighted by Crippen LogP contribution is -3.00. The fraction of sp³-hybridized carbons (Fsp3) is 0.115. The third-order valence-corrected chi connectivity index (χ3v) is 33.6. The predicted molar refractivity (Wildman–Crippen MR) is 594 cm³/mol. The lowest BCUT2D eigenvalue weighted by atomic mass is 10.00. The summed E-state index contributed by atoms with van der Waals surface area (Å²) >= 11 is 21.5. The van der Waals surface area contributed by atoms with Gasteiger partial charge in [0, 0.05) is 155 Å². The summed E-state index contributed by atoms with van der Waals surface area (Å²) in [5, 5.41) is 35.5. The molecule has 0 N–H and O–H groups in total. The van der Waals surface area contributed by atoms with E-state index in [-0.39, 0.29) is 55.5 Å². The smallest absolute Gasteiger partial charge is 0.333 e. The van der Waals surface area contributed by atoms with Gasteiger partial charge in [-0.25, -0.2) is 38.4 Å². The van der Waals surface area contributed by atoms with Crippen LogP contribution in [0, 0.1) is 0 Å². The van der Waals surface area contributed by atoms with Gasteiger partial charge in [-0.05, 0) is 269 Å². The molecule has 0 aliphatic carbocycles. The van der Waals surface area contributed by atoms with E-state index in [1.807, 2.05) is 66.6 Å². The van der Waals surface area contributed by atoms with Crippen molar-refractivity contribution in [3.63, 3.8) is 0 Å². The molecule has 2 saturated heterocycles. The zero-order valence-electron chi connectivity index (χ0n) is 77.9. The number of carbonyl (C=O) groups excluding carboxylic acids is 6. The Bertz CT molecular complexity index is 8920. The van der Waals surface area contributed by atoms with Gasteiger partial charge in [0.1, 0.15) is 45.7 Å². The molecule has 2 fully saturated rings. The van der Waals surface area contributed by atoms with Crippen LogP contribution in [0.5, 0.6) is 0 Å². The van der Waals surface area contributed by atoms with Crippen LogP contribution in [0.3, 0.4) is 0 Å². The second kappa shape index (κ2) is 45.2. The van der Waals surface area contributed by atoms with E-state index < -0.39 is 35.6 Å². The number of amides is 4. The first-order valence-electron chi connectivity index (χ1n) is 46.9. The summed E-state index contributed by atoms with van der Waals surface area (Å²) in [6, 6.07) is 91.3. The molecular formula is C113H78Br4N14O10S7. The fourth-order valence-electron chi connectivity index (χ4n) is 17.6. The van der Waals surface area contributed by atoms with Crippen LogP contribution in [0.2, 0.25) is 0 Å². The highest BCUT2D eigenvalue weighted by Crippen LogP contribution is 2.51. The van der Waals surface area contributed by atoms with Crippen LogP contribution in [-0.4, -0.2) is 105 Å². The number of benzene rings is 8. The number of hydrogen-bond acceptors (Lipinski definition) is 28. The minimum absolute atomic E-state index is 0. The highest BCUT2D eigenvalue weighted by Gasteiger charge is 2.36. The molecule has 0 atom stereocenters. The number of carbonyl (C=O) groups is 6. The Balaban J connectivity index is 0.000000127. The van der Waals surface area contributed by atoms with Gasteiger partial charge in [-0.3, -0.25) is 29.1 Å². The third kappa shape index (κ3) is 21.6. The standard InChI is InChI=1S/C48H36N5O5S2.C38H22N4S3.C18H8Br2N4OS2.C9H12BrNO4.BrH/c54-41-19-20-42(55)53(41)57-43(56)12-2-1-7-23-52-24-21-32(22-25-52)45-44(40-28-37(29-59-40)35-15-13-30-8-3-5-10-33(30)26-35)47-48(51-58-50-47)46(49-45)39-18-17-38(60-39)36-16-14-31-9-4-6-11-34(31)27-36;1-3-7-26-19-28(11-9-23(26)5-1)30-21-33(43-22-30)34-35(25-15-17-39-18-16-25)40-36(38-37(34)41-45-42-38)32-14-13-31(44-32)29-12-10-24-6-2-4-8-27(24)20-29;19-10-7-12(26-8-10)14-15(9-3-5-21-6-4-9)22-16(11-1-2-13(20)27-11)18-17(14)23-25-24-18;10-6-2-1-3-9(14)15-11-7(12)4-5-8(11)13;/h3-6,8-11,13-18,21-22,24-29H,1-2,7,12,19-20,23H2;1-22H;1-8H;1-6H2;1H/q+1;;;;/p-1. The maximum absolute atomic E-state index is 12.2. The fourth-order valence-corrected chi connectivity index (χ4v) is 25.4. The van der Waals surface area contributed by atoms with E-state index in [1.165, 1.54) is 76.4 Å². The largest absolute Gasteiger partial charge is 1.00 e. The molecule has 0 unspecified atom stereocenters. The number of rotatable bonds is 25. The normalized spacial score (nSPS) is 12.5. The van der Waals surface area contributed by atoms with Crippen molar-refractivity contribution >= 4 is 239 Å². The van der Waals surface area contributed by atoms with Gasteiger partial charge in [0.2, 0.25) is 0 Å². The lowest BCUT2D eigenvalue weighted by Gasteiger charge is -2.12. The molecule has 0 radical (unpaired) electrons. The molecule has 23 aromatic rings. The van der Waals surface area contributed by atoms with E-state index in [0.29, 0.717) is 50.7 Å². The Kier molecular flexibility index (Phi) is 30.4. The van der Waals surface area contributed by atoms with Gasteiger partial charge < -0.3 is 26.7 Å². The number of nitrogens with zero attached hydrogens (tertiary/aromatic N) is 14. The molecule has 15 aromatic heterocycles. The number of aromatic nitrogens is 12. The van der Waals surface area contributed by atoms with E-state index in [2.05, 4.69) is 323 Å². The number of halogens is 4. The van der Waals surface area contributed by atoms with E-state index >= 15 is 0 Å². The molecule has 35 heteroatoms. The lowest BCUT2D eigenvalue weighted by molar-refractivity contribution is -0.697. The van der Waals surface area contributed by atoms with E-state index in [9.17, 15) is 28.8 Å². The molecule has 8 aromatic carbocycles. The number of hydrogen-bond donors (Lipinski definition) is 0. The van der Waals surface area contributed by atoms with Gasteiger partial charge >= 0.3 is 11.9 Å². The summed E-state index contributed by atoms with van der Waals surface area (Å²) in [6.45, 7) is 0.739. The molecule has 0 spiro atoms. The summed E-state index contributed by atoms with van der Waals surface area (Å²) in [7, 11) is 0. The Morgan fingerprint density at radius 2 is 0.709 bits per heavy atom. The summed E-state index contributed by atoms with van der Waals surface area (Å²) < 4.78 is 24.5. The quantitative estimate of drug-likeness (QED) is 0.0222. The minimum atomic E-state index is -0.569. The van der Waals surface area contributed by atoms with Gasteiger partial charge in [0.15, 0.2) is 23.4 Å². The number of aryl methyl sites for hydroxylation is 1. The van der Waals surface area contributed by atoms with Gasteiger partial charge in [-0.2, -0.15) is 8.75 Å². The summed E-state index contributed by atoms with van der Waals surface area (Å²) in [5.41, 5.74) is 21.8. The number of unbranched alkanes of at least 4 members (excludes halogenated alkanes) is 3. The molecule has 730 valence electrons. The maximum atomic E-state index is 12.2. The molecule has 25 rings (SSSR count). The molecule has 17 heterocycles. The Labute approximate surface area is 909 Å². The van der Waals surface area contributed by atoms with Crippen molar-refractivity contribution < 1.29 is 69.2 Å². The Hall–Kier alpha value is -14.3. The average molecular weight is 2340 g/mol. The first-order chi connectivity index (χ1) is 72.1. The molecule has 24 nitrogen and oxygen atoms in total. The number of hydroxylamine groups is 4. The molecule has 4 amide bonds. The first kappa shape index (κ1) is 99.6. The summed E-state index contributed by atoms with van der Waals surface area (Å²) in [6.07, 6.45) is 15.8. The predicted octanol–water partition coefficient (Wildman–Crippen LogP) is 26.9. The van der Waals surface area contributed by atoms with Gasteiger partial charge in [-0.1, -0.05) is 162 Å². The number of pyridine rings is 6. The van der Waals surface area contributed by atoms with Crippen molar-refractivity contribution in [2.45, 2.75) is 77.2 Å². The van der Waals surface area contributed by atoms with Gasteiger partial charge in [-0.15, -0.1) is 78.1 Å². The SMILES string of the molecule is Brc1csc(-c2c(-c3ccncc3)nc(-c3ccc(Br)s3)c3nonc23)c1.O=C(CCCCBr)ON1C(=O)CCC1=O.O=C(CCCCC[n+]1ccc(-c2nc(-c3ccc(-c4ccc5ccccc5c4)s3)c3nonc3c2-c2cc(-c3ccc4ccccc4c3)cs2)cc1)ON1C(=O)CCC1=O.[Br-].c1ccc2cc(-c3csc(-c4c(-c5ccncc5)nc(-c5ccc(-c6ccc7ccccc7c6)s5)c5nsnc45)c3)ccc2c1. The summed E-state index contributed by atoms with van der Waals surface area (Å²) in [5.74, 6) is -2.91. The third-order valence-electron chi connectivity index (χ3n) is 25.0. The van der Waals surface area contributed by atoms with E-state index in [4.69, 9.17) is 37.8 Å². The highest BCUT2D eigenvalue weighted by atomic mass is 79.9. The second-order valence-electron chi connectivity index (χ2n) is 34.5. The van der Waals surface area contributed by atoms with Crippen molar-refractivity contribution in [1.82, 2.24) is 64.4 Å². The number of imide groups is 2. The molecule has 0 bridgehead atoms. The number of fused-ring (bicyclic) bond motifs is 7. The second-order valence-corrected chi connectivity index (χ2v) is 44.1. The maximum Gasteiger partial charge on any atom is 0.333 e. The molecule has 2 aliphatic heterocycles. The average Bonchev–Trinajstić information content (AvgIpc) is 1.59. The van der Waals surface area contributed by atoms with Crippen LogP contribution in [0.4, 0.5) is 0 Å². The van der Waals surface area contributed by atoms with Crippen molar-refractivity contribution in [3.05, 3.63) is 322 Å². The highest BCUT2D eigenvalue weighted by molar-refractivity contribution is 9.11. The Morgan fingerprint density at radius 1 is 0.338 bits per heavy atom. The molecule has 148 heavy (non-hydrogen) atoms. The zero-order valence-corrected chi connectivity index (χ0v) is 90.0. The Morgan fingerprint density at radius 3 is 1.14 bits per heavy atom. The minimum Gasteiger partial charge on any atom is -1.00 e. The zero-order chi connectivity index (χ0) is 100.0. The first-order valence-corrected chi connectivity index (χ1v) is 55.4. The van der Waals surface area contributed by atoms with Crippen molar-refractivity contribution in [3.8, 4) is 140 Å². The number of alkyl halides is 1. The van der Waals surface area contributed by atoms with E-state index in [0.717, 1.165) is 163 Å². The van der Waals surface area contributed by atoms with Crippen LogP contribution in [-0.2, 0) is 45.0 Å². The molecule has 0 saturated carbocycles. The molecular weight excluding hydrogens is 2260 g/mol.